The number of aromatic amines is 1. The van der Waals surface area contributed by atoms with Crippen LogP contribution in [-0.2, 0) is 35.6 Å². The first-order valence-electron chi connectivity index (χ1n) is 12.5. The van der Waals surface area contributed by atoms with Crippen molar-refractivity contribution in [1.82, 2.24) is 19.8 Å². The van der Waals surface area contributed by atoms with Gasteiger partial charge >= 0.3 is 0 Å². The predicted octanol–water partition coefficient (Wildman–Crippen LogP) is 3.17. The molecule has 0 atom stereocenters. The molecule has 1 N–H and O–H groups in total. The number of ether oxygens (including phenoxy) is 1. The predicted molar refractivity (Wildman–Crippen MR) is 137 cm³/mol. The van der Waals surface area contributed by atoms with Crippen LogP contribution in [0.4, 0.5) is 4.39 Å². The molecule has 1 saturated heterocycles. The molecule has 2 aromatic heterocycles. The number of carbonyl (C=O) groups excluding carboxylic acids is 2. The molecule has 1 fully saturated rings. The van der Waals surface area contributed by atoms with Crippen molar-refractivity contribution >= 4 is 23.0 Å². The molecular formula is C27H29FN4O4S. The van der Waals surface area contributed by atoms with E-state index in [1.54, 1.807) is 16.2 Å². The van der Waals surface area contributed by atoms with Crippen LogP contribution in [0.2, 0.25) is 0 Å². The Hall–Kier alpha value is -3.21. The molecule has 37 heavy (non-hydrogen) atoms. The number of H-pyrrole nitrogens is 1. The summed E-state index contributed by atoms with van der Waals surface area (Å²) in [4.78, 5) is 50.0. The van der Waals surface area contributed by atoms with E-state index in [-0.39, 0.29) is 48.7 Å². The molecule has 2 aliphatic rings. The summed E-state index contributed by atoms with van der Waals surface area (Å²) in [6.07, 6.45) is 1.88. The van der Waals surface area contributed by atoms with E-state index in [0.29, 0.717) is 62.5 Å². The Morgan fingerprint density at radius 3 is 2.68 bits per heavy atom. The minimum absolute atomic E-state index is 0.0258. The standard InChI is InChI=1S/C27H29FN4O4S/c28-21-3-1-19(2-4-21)26(34)20-5-9-31(10-6-20)15-25(33)32(13-18-8-12-37-17-18)14-24-29-23-7-11-36-16-22(23)27(35)30-24/h1-4,8,12,17,20H,5-7,9-11,13-16H2,(H,29,30,35). The van der Waals surface area contributed by atoms with Gasteiger partial charge in [0.1, 0.15) is 11.6 Å². The minimum atomic E-state index is -0.361. The molecule has 0 saturated carbocycles. The minimum Gasteiger partial charge on any atom is -0.376 e. The number of ketones is 1. The van der Waals surface area contributed by atoms with Crippen LogP contribution in [0.25, 0.3) is 0 Å². The number of rotatable bonds is 8. The van der Waals surface area contributed by atoms with Crippen LogP contribution >= 0.6 is 11.3 Å². The van der Waals surface area contributed by atoms with E-state index in [1.165, 1.54) is 24.3 Å². The Labute approximate surface area is 218 Å². The third-order valence-corrected chi connectivity index (χ3v) is 7.70. The first-order valence-corrected chi connectivity index (χ1v) is 13.4. The fourth-order valence-electron chi connectivity index (χ4n) is 4.88. The summed E-state index contributed by atoms with van der Waals surface area (Å²) in [6, 6.07) is 7.66. The summed E-state index contributed by atoms with van der Waals surface area (Å²) in [5.41, 5.74) is 2.63. The number of nitrogens with one attached hydrogen (secondary N) is 1. The van der Waals surface area contributed by atoms with E-state index >= 15 is 0 Å². The van der Waals surface area contributed by atoms with Crippen LogP contribution < -0.4 is 5.56 Å². The number of nitrogens with zero attached hydrogens (tertiary/aromatic N) is 3. The van der Waals surface area contributed by atoms with Gasteiger partial charge in [0.15, 0.2) is 5.78 Å². The number of amides is 1. The largest absolute Gasteiger partial charge is 0.376 e. The molecule has 2 aliphatic heterocycles. The summed E-state index contributed by atoms with van der Waals surface area (Å²) in [5.74, 6) is -0.0537. The lowest BCUT2D eigenvalue weighted by molar-refractivity contribution is -0.134. The smallest absolute Gasteiger partial charge is 0.256 e. The van der Waals surface area contributed by atoms with Crippen LogP contribution in [-0.4, -0.2) is 57.7 Å². The van der Waals surface area contributed by atoms with Gasteiger partial charge in [0, 0.05) is 24.4 Å². The second-order valence-corrected chi connectivity index (χ2v) is 10.3. The number of hydrogen-bond acceptors (Lipinski definition) is 7. The summed E-state index contributed by atoms with van der Waals surface area (Å²) in [6.45, 7) is 2.90. The van der Waals surface area contributed by atoms with Crippen molar-refractivity contribution in [2.24, 2.45) is 5.92 Å². The quantitative estimate of drug-likeness (QED) is 0.455. The Morgan fingerprint density at radius 2 is 1.95 bits per heavy atom. The van der Waals surface area contributed by atoms with Crippen molar-refractivity contribution in [2.45, 2.75) is 39.0 Å². The fraction of sp³-hybridized carbons (Fsp3) is 0.407. The third kappa shape index (κ3) is 6.20. The molecule has 0 unspecified atom stereocenters. The molecule has 0 aliphatic carbocycles. The highest BCUT2D eigenvalue weighted by molar-refractivity contribution is 7.07. The fourth-order valence-corrected chi connectivity index (χ4v) is 5.54. The highest BCUT2D eigenvalue weighted by Crippen LogP contribution is 2.22. The monoisotopic (exact) mass is 524 g/mol. The molecule has 8 nitrogen and oxygen atoms in total. The molecule has 10 heteroatoms. The van der Waals surface area contributed by atoms with E-state index in [9.17, 15) is 18.8 Å². The third-order valence-electron chi connectivity index (χ3n) is 6.97. The lowest BCUT2D eigenvalue weighted by atomic mass is 9.89. The van der Waals surface area contributed by atoms with Gasteiger partial charge in [-0.1, -0.05) is 0 Å². The number of hydrogen-bond donors (Lipinski definition) is 1. The van der Waals surface area contributed by atoms with E-state index < -0.39 is 0 Å². The normalized spacial score (nSPS) is 16.4. The molecule has 3 aromatic rings. The van der Waals surface area contributed by atoms with Crippen LogP contribution in [0.5, 0.6) is 0 Å². The maximum absolute atomic E-state index is 13.4. The van der Waals surface area contributed by atoms with E-state index in [0.717, 1.165) is 11.3 Å². The van der Waals surface area contributed by atoms with Gasteiger partial charge in [-0.05, 0) is 72.6 Å². The van der Waals surface area contributed by atoms with Crippen LogP contribution in [0.1, 0.15) is 45.8 Å². The van der Waals surface area contributed by atoms with E-state index in [1.807, 2.05) is 16.8 Å². The summed E-state index contributed by atoms with van der Waals surface area (Å²) < 4.78 is 18.6. The number of fused-ring (bicyclic) bond motifs is 1. The maximum atomic E-state index is 13.4. The molecule has 4 heterocycles. The lowest BCUT2D eigenvalue weighted by Crippen LogP contribution is -2.44. The zero-order chi connectivity index (χ0) is 25.8. The average molecular weight is 525 g/mol. The van der Waals surface area contributed by atoms with Gasteiger partial charge in [0.05, 0.1) is 37.6 Å². The maximum Gasteiger partial charge on any atom is 0.256 e. The number of benzene rings is 1. The van der Waals surface area contributed by atoms with Gasteiger partial charge < -0.3 is 14.6 Å². The van der Waals surface area contributed by atoms with Gasteiger partial charge in [-0.3, -0.25) is 19.3 Å². The Bertz CT molecular complexity index is 1300. The molecule has 1 amide bonds. The second-order valence-electron chi connectivity index (χ2n) is 9.54. The molecule has 1 aromatic carbocycles. The van der Waals surface area contributed by atoms with E-state index in [4.69, 9.17) is 4.74 Å². The Kier molecular flexibility index (Phi) is 7.87. The van der Waals surface area contributed by atoms with Crippen molar-refractivity contribution in [3.05, 3.63) is 85.5 Å². The molecule has 5 rings (SSSR count). The average Bonchev–Trinajstić information content (AvgIpc) is 3.42. The van der Waals surface area contributed by atoms with Crippen LogP contribution in [0.3, 0.4) is 0 Å². The Morgan fingerprint density at radius 1 is 1.16 bits per heavy atom. The zero-order valence-electron chi connectivity index (χ0n) is 20.5. The zero-order valence-corrected chi connectivity index (χ0v) is 21.3. The van der Waals surface area contributed by atoms with Crippen LogP contribution in [0, 0.1) is 11.7 Å². The van der Waals surface area contributed by atoms with Crippen molar-refractivity contribution in [2.75, 3.05) is 26.2 Å². The highest BCUT2D eigenvalue weighted by Gasteiger charge is 2.28. The lowest BCUT2D eigenvalue weighted by Gasteiger charge is -2.32. The van der Waals surface area contributed by atoms with Crippen molar-refractivity contribution < 1.29 is 18.7 Å². The van der Waals surface area contributed by atoms with Gasteiger partial charge in [-0.2, -0.15) is 11.3 Å². The number of Topliss-reactive ketones (excluding diaryl/α,β-unsaturated/α-hetero) is 1. The SMILES string of the molecule is O=C(c1ccc(F)cc1)C1CCN(CC(=O)N(Cc2ccsc2)Cc2nc3c(c(=O)[nH]2)COCC3)CC1. The molecule has 0 bridgehead atoms. The van der Waals surface area contributed by atoms with Gasteiger partial charge in [-0.15, -0.1) is 0 Å². The number of likely N-dealkylation sites (tertiary alicyclic amines) is 1. The molecular weight excluding hydrogens is 495 g/mol. The molecule has 194 valence electrons. The second kappa shape index (κ2) is 11.5. The molecule has 0 radical (unpaired) electrons. The number of thiophene rings is 1. The van der Waals surface area contributed by atoms with Crippen molar-refractivity contribution in [3.63, 3.8) is 0 Å². The van der Waals surface area contributed by atoms with Gasteiger partial charge in [-0.25, -0.2) is 9.37 Å². The highest BCUT2D eigenvalue weighted by atomic mass is 32.1. The van der Waals surface area contributed by atoms with Crippen LogP contribution in [0.15, 0.2) is 45.9 Å². The van der Waals surface area contributed by atoms with Crippen molar-refractivity contribution in [3.8, 4) is 0 Å². The van der Waals surface area contributed by atoms with Gasteiger partial charge in [0.25, 0.3) is 5.56 Å². The topological polar surface area (TPSA) is 95.6 Å². The first kappa shape index (κ1) is 25.4. The summed E-state index contributed by atoms with van der Waals surface area (Å²) in [7, 11) is 0. The van der Waals surface area contributed by atoms with Gasteiger partial charge in [0.2, 0.25) is 5.91 Å². The van der Waals surface area contributed by atoms with Crippen molar-refractivity contribution in [1.29, 1.82) is 0 Å². The summed E-state index contributed by atoms with van der Waals surface area (Å²) >= 11 is 1.57. The number of aromatic nitrogens is 2. The molecule has 0 spiro atoms. The number of carbonyl (C=O) groups is 2. The number of halogens is 1. The first-order chi connectivity index (χ1) is 18.0. The summed E-state index contributed by atoms with van der Waals surface area (Å²) in [5, 5.41) is 3.98. The Balaban J connectivity index is 1.23. The number of piperidine rings is 1. The van der Waals surface area contributed by atoms with E-state index in [2.05, 4.69) is 14.9 Å².